The van der Waals surface area contributed by atoms with E-state index in [0.717, 1.165) is 10.4 Å². The van der Waals surface area contributed by atoms with Crippen LogP contribution in [0.15, 0.2) is 47.5 Å². The molecule has 0 radical (unpaired) electrons. The van der Waals surface area contributed by atoms with E-state index in [9.17, 15) is 18.0 Å². The minimum Gasteiger partial charge on any atom is -0.365 e. The van der Waals surface area contributed by atoms with Gasteiger partial charge in [-0.15, -0.1) is 11.3 Å². The number of benzene rings is 1. The van der Waals surface area contributed by atoms with Crippen molar-refractivity contribution in [3.63, 3.8) is 0 Å². The number of nitrogens with zero attached hydrogens (tertiary/aromatic N) is 2. The Morgan fingerprint density at radius 3 is 2.34 bits per heavy atom. The third-order valence-corrected chi connectivity index (χ3v) is 8.21. The van der Waals surface area contributed by atoms with Crippen LogP contribution in [0, 0.1) is 6.92 Å². The summed E-state index contributed by atoms with van der Waals surface area (Å²) in [5.41, 5.74) is 7.54. The Kier molecular flexibility index (Phi) is 6.87. The van der Waals surface area contributed by atoms with Gasteiger partial charge in [0.05, 0.1) is 5.56 Å². The van der Waals surface area contributed by atoms with Gasteiger partial charge >= 0.3 is 0 Å². The molecule has 32 heavy (non-hydrogen) atoms. The maximum atomic E-state index is 13.0. The summed E-state index contributed by atoms with van der Waals surface area (Å²) >= 11 is 1.25. The smallest absolute Gasteiger partial charge is 0.272 e. The number of rotatable bonds is 8. The van der Waals surface area contributed by atoms with Crippen LogP contribution in [0.5, 0.6) is 0 Å². The average Bonchev–Trinajstić information content (AvgIpc) is 3.29. The van der Waals surface area contributed by atoms with E-state index in [2.05, 4.69) is 5.32 Å². The largest absolute Gasteiger partial charge is 0.365 e. The minimum absolute atomic E-state index is 0.0382. The Labute approximate surface area is 191 Å². The van der Waals surface area contributed by atoms with E-state index in [-0.39, 0.29) is 16.2 Å². The standard InChI is InChI=1S/C22H26N4O4S2/c1-5-26(6-2)32(29,30)16-12-17(25(4)13-16)21(28)24-22-19(20(23)27)18(14(3)31-22)15-10-8-7-9-11-15/h7-13H,5-6H2,1-4H3,(H2,23,27)(H,24,28). The molecule has 0 spiro atoms. The lowest BCUT2D eigenvalue weighted by atomic mass is 10.0. The second kappa shape index (κ2) is 9.27. The van der Waals surface area contributed by atoms with Crippen molar-refractivity contribution < 1.29 is 18.0 Å². The predicted octanol–water partition coefficient (Wildman–Crippen LogP) is 3.44. The fraction of sp³-hybridized carbons (Fsp3) is 0.273. The van der Waals surface area contributed by atoms with Crippen LogP contribution in [0.3, 0.4) is 0 Å². The van der Waals surface area contributed by atoms with Crippen LogP contribution < -0.4 is 11.1 Å². The number of nitrogens with one attached hydrogen (secondary N) is 1. The molecule has 3 aromatic rings. The Hall–Kier alpha value is -2.95. The van der Waals surface area contributed by atoms with Gasteiger partial charge in [0.2, 0.25) is 10.0 Å². The topological polar surface area (TPSA) is 114 Å². The molecule has 8 nitrogen and oxygen atoms in total. The van der Waals surface area contributed by atoms with Crippen LogP contribution in [-0.2, 0) is 17.1 Å². The molecule has 3 N–H and O–H groups in total. The maximum absolute atomic E-state index is 13.0. The van der Waals surface area contributed by atoms with Crippen LogP contribution >= 0.6 is 11.3 Å². The number of nitrogens with two attached hydrogens (primary N) is 1. The molecule has 0 saturated carbocycles. The van der Waals surface area contributed by atoms with Gasteiger partial charge in [-0.25, -0.2) is 8.42 Å². The molecule has 1 aromatic carbocycles. The zero-order valence-corrected chi connectivity index (χ0v) is 20.0. The molecule has 2 heterocycles. The molecular formula is C22H26N4O4S2. The Bertz CT molecular complexity index is 1260. The molecule has 0 aliphatic carbocycles. The number of thiophene rings is 1. The molecule has 0 aliphatic rings. The van der Waals surface area contributed by atoms with Crippen LogP contribution in [0.25, 0.3) is 11.1 Å². The van der Waals surface area contributed by atoms with Gasteiger partial charge in [-0.3, -0.25) is 9.59 Å². The molecule has 2 aromatic heterocycles. The second-order valence-corrected chi connectivity index (χ2v) is 10.3. The van der Waals surface area contributed by atoms with Crippen molar-refractivity contribution in [1.29, 1.82) is 0 Å². The summed E-state index contributed by atoms with van der Waals surface area (Å²) in [5.74, 6) is -1.18. The van der Waals surface area contributed by atoms with Gasteiger partial charge in [0, 0.05) is 36.8 Å². The number of primary amides is 1. The molecule has 0 unspecified atom stereocenters. The Morgan fingerprint density at radius 2 is 1.78 bits per heavy atom. The normalized spacial score (nSPS) is 11.7. The fourth-order valence-electron chi connectivity index (χ4n) is 3.60. The van der Waals surface area contributed by atoms with Crippen LogP contribution in [0.4, 0.5) is 5.00 Å². The highest BCUT2D eigenvalue weighted by atomic mass is 32.2. The van der Waals surface area contributed by atoms with Gasteiger partial charge in [0.15, 0.2) is 0 Å². The highest BCUT2D eigenvalue weighted by Gasteiger charge is 2.27. The first-order valence-electron chi connectivity index (χ1n) is 10.1. The van der Waals surface area contributed by atoms with Crippen LogP contribution in [0.1, 0.15) is 39.6 Å². The summed E-state index contributed by atoms with van der Waals surface area (Å²) in [6, 6.07) is 10.7. The molecule has 10 heteroatoms. The second-order valence-electron chi connectivity index (χ2n) is 7.18. The number of carbonyl (C=O) groups excluding carboxylic acids is 2. The zero-order valence-electron chi connectivity index (χ0n) is 18.4. The maximum Gasteiger partial charge on any atom is 0.272 e. The molecular weight excluding hydrogens is 448 g/mol. The Morgan fingerprint density at radius 1 is 1.16 bits per heavy atom. The third-order valence-electron chi connectivity index (χ3n) is 5.18. The number of anilines is 1. The Balaban J connectivity index is 1.99. The zero-order chi connectivity index (χ0) is 23.6. The molecule has 0 aliphatic heterocycles. The summed E-state index contributed by atoms with van der Waals surface area (Å²) in [5, 5.41) is 3.08. The van der Waals surface area contributed by atoms with E-state index in [1.165, 1.54) is 32.5 Å². The first-order chi connectivity index (χ1) is 15.1. The number of aromatic nitrogens is 1. The fourth-order valence-corrected chi connectivity index (χ4v) is 6.21. The number of sulfonamides is 1. The molecule has 2 amide bonds. The summed E-state index contributed by atoms with van der Waals surface area (Å²) in [4.78, 5) is 26.2. The van der Waals surface area contributed by atoms with Gasteiger partial charge in [-0.05, 0) is 18.6 Å². The van der Waals surface area contributed by atoms with Crippen molar-refractivity contribution in [2.45, 2.75) is 25.7 Å². The lowest BCUT2D eigenvalue weighted by Gasteiger charge is -2.17. The quantitative estimate of drug-likeness (QED) is 0.520. The predicted molar refractivity (Wildman–Crippen MR) is 126 cm³/mol. The number of amides is 2. The highest BCUT2D eigenvalue weighted by Crippen LogP contribution is 2.39. The summed E-state index contributed by atoms with van der Waals surface area (Å²) in [6.45, 7) is 6.02. The lowest BCUT2D eigenvalue weighted by Crippen LogP contribution is -2.30. The van der Waals surface area contributed by atoms with Crippen LogP contribution in [0.2, 0.25) is 0 Å². The van der Waals surface area contributed by atoms with E-state index >= 15 is 0 Å². The SMILES string of the molecule is CCN(CC)S(=O)(=O)c1cc(C(=O)Nc2sc(C)c(-c3ccccc3)c2C(N)=O)n(C)c1. The van der Waals surface area contributed by atoms with Crippen molar-refractivity contribution in [2.75, 3.05) is 18.4 Å². The number of aryl methyl sites for hydroxylation is 2. The van der Waals surface area contributed by atoms with E-state index in [4.69, 9.17) is 5.73 Å². The van der Waals surface area contributed by atoms with E-state index < -0.39 is 21.8 Å². The van der Waals surface area contributed by atoms with E-state index in [0.29, 0.717) is 23.7 Å². The third kappa shape index (κ3) is 4.34. The van der Waals surface area contributed by atoms with Crippen molar-refractivity contribution in [1.82, 2.24) is 8.87 Å². The van der Waals surface area contributed by atoms with E-state index in [1.54, 1.807) is 20.9 Å². The van der Waals surface area contributed by atoms with Crippen LogP contribution in [-0.4, -0.2) is 42.2 Å². The average molecular weight is 475 g/mol. The van der Waals surface area contributed by atoms with E-state index in [1.807, 2.05) is 37.3 Å². The van der Waals surface area contributed by atoms with Crippen molar-refractivity contribution in [3.05, 3.63) is 58.7 Å². The van der Waals surface area contributed by atoms with Crippen molar-refractivity contribution in [2.24, 2.45) is 12.8 Å². The monoisotopic (exact) mass is 474 g/mol. The summed E-state index contributed by atoms with van der Waals surface area (Å²) in [6.07, 6.45) is 1.41. The molecule has 0 bridgehead atoms. The highest BCUT2D eigenvalue weighted by molar-refractivity contribution is 7.89. The van der Waals surface area contributed by atoms with Crippen molar-refractivity contribution >= 4 is 38.2 Å². The first-order valence-corrected chi connectivity index (χ1v) is 12.3. The van der Waals surface area contributed by atoms with Gasteiger partial charge in [-0.2, -0.15) is 4.31 Å². The number of hydrogen-bond donors (Lipinski definition) is 2. The van der Waals surface area contributed by atoms with Gasteiger partial charge < -0.3 is 15.6 Å². The molecule has 3 rings (SSSR count). The molecule has 0 fully saturated rings. The number of carbonyl (C=O) groups is 2. The number of hydrogen-bond acceptors (Lipinski definition) is 5. The van der Waals surface area contributed by atoms with Gasteiger partial charge in [-0.1, -0.05) is 44.2 Å². The van der Waals surface area contributed by atoms with Gasteiger partial charge in [0.1, 0.15) is 15.6 Å². The molecule has 170 valence electrons. The molecule has 0 saturated heterocycles. The summed E-state index contributed by atoms with van der Waals surface area (Å²) in [7, 11) is -2.11. The van der Waals surface area contributed by atoms with Crippen molar-refractivity contribution in [3.8, 4) is 11.1 Å². The summed E-state index contributed by atoms with van der Waals surface area (Å²) < 4.78 is 28.4. The minimum atomic E-state index is -3.71. The van der Waals surface area contributed by atoms with Gasteiger partial charge in [0.25, 0.3) is 11.8 Å². The first kappa shape index (κ1) is 23.7. The molecule has 0 atom stereocenters. The lowest BCUT2D eigenvalue weighted by molar-refractivity contribution is 0.100.